The van der Waals surface area contributed by atoms with E-state index in [1.54, 1.807) is 12.1 Å². The van der Waals surface area contributed by atoms with Gasteiger partial charge in [0.2, 0.25) is 0 Å². The number of methoxy groups -OCH3 is 1. The Kier molecular flexibility index (Phi) is 5.96. The summed E-state index contributed by atoms with van der Waals surface area (Å²) in [5.41, 5.74) is 6.85. The molecule has 0 radical (unpaired) electrons. The van der Waals surface area contributed by atoms with E-state index in [9.17, 15) is 4.39 Å². The smallest absolute Gasteiger partial charge is 0.131 e. The highest BCUT2D eigenvalue weighted by atomic mass is 19.1. The van der Waals surface area contributed by atoms with E-state index in [4.69, 9.17) is 10.5 Å². The van der Waals surface area contributed by atoms with Crippen LogP contribution in [0.15, 0.2) is 18.2 Å². The average molecular weight is 282 g/mol. The molecule has 0 saturated heterocycles. The van der Waals surface area contributed by atoms with Crippen molar-refractivity contribution in [2.24, 2.45) is 11.1 Å². The molecule has 114 valence electrons. The first-order valence-corrected chi connectivity index (χ1v) is 7.01. The SMILES string of the molecule is COc1cccc(F)c1C(N)CCN(C)CC(C)(C)C. The summed E-state index contributed by atoms with van der Waals surface area (Å²) in [5, 5.41) is 0. The van der Waals surface area contributed by atoms with Gasteiger partial charge in [0.15, 0.2) is 0 Å². The highest BCUT2D eigenvalue weighted by Gasteiger charge is 2.19. The molecule has 0 heterocycles. The van der Waals surface area contributed by atoms with Gasteiger partial charge in [-0.25, -0.2) is 4.39 Å². The van der Waals surface area contributed by atoms with Crippen LogP contribution in [0.2, 0.25) is 0 Å². The molecule has 0 aliphatic heterocycles. The molecule has 1 aromatic carbocycles. The van der Waals surface area contributed by atoms with Gasteiger partial charge >= 0.3 is 0 Å². The molecule has 4 heteroatoms. The molecular weight excluding hydrogens is 255 g/mol. The zero-order valence-electron chi connectivity index (χ0n) is 13.2. The first-order chi connectivity index (χ1) is 9.24. The third kappa shape index (κ3) is 5.10. The lowest BCUT2D eigenvalue weighted by Crippen LogP contribution is -2.31. The molecule has 0 fully saturated rings. The fourth-order valence-electron chi connectivity index (χ4n) is 2.45. The normalized spacial score (nSPS) is 13.6. The molecule has 0 bridgehead atoms. The Balaban J connectivity index is 2.66. The van der Waals surface area contributed by atoms with Gasteiger partial charge in [0.1, 0.15) is 11.6 Å². The zero-order valence-corrected chi connectivity index (χ0v) is 13.2. The van der Waals surface area contributed by atoms with Crippen LogP contribution in [-0.2, 0) is 0 Å². The lowest BCUT2D eigenvalue weighted by molar-refractivity contribution is 0.220. The average Bonchev–Trinajstić information content (AvgIpc) is 2.33. The maximum Gasteiger partial charge on any atom is 0.131 e. The molecule has 0 saturated carbocycles. The van der Waals surface area contributed by atoms with E-state index in [1.807, 2.05) is 0 Å². The Labute approximate surface area is 121 Å². The van der Waals surface area contributed by atoms with E-state index < -0.39 is 0 Å². The highest BCUT2D eigenvalue weighted by molar-refractivity contribution is 5.37. The summed E-state index contributed by atoms with van der Waals surface area (Å²) in [6, 6.07) is 4.46. The molecule has 1 aromatic rings. The lowest BCUT2D eigenvalue weighted by Gasteiger charge is -2.27. The fraction of sp³-hybridized carbons (Fsp3) is 0.625. The van der Waals surface area contributed by atoms with Crippen LogP contribution in [0.4, 0.5) is 4.39 Å². The number of halogens is 1. The number of benzene rings is 1. The summed E-state index contributed by atoms with van der Waals surface area (Å²) >= 11 is 0. The van der Waals surface area contributed by atoms with Gasteiger partial charge in [0.05, 0.1) is 7.11 Å². The summed E-state index contributed by atoms with van der Waals surface area (Å²) in [7, 11) is 3.60. The topological polar surface area (TPSA) is 38.5 Å². The summed E-state index contributed by atoms with van der Waals surface area (Å²) in [5.74, 6) is 0.228. The summed E-state index contributed by atoms with van der Waals surface area (Å²) in [6.45, 7) is 8.40. The first-order valence-electron chi connectivity index (χ1n) is 7.01. The predicted molar refractivity (Wildman–Crippen MR) is 81.4 cm³/mol. The van der Waals surface area contributed by atoms with Crippen molar-refractivity contribution in [3.8, 4) is 5.75 Å². The summed E-state index contributed by atoms with van der Waals surface area (Å²) in [4.78, 5) is 2.23. The van der Waals surface area contributed by atoms with Crippen LogP contribution in [0.1, 0.15) is 38.8 Å². The number of hydrogen-bond acceptors (Lipinski definition) is 3. The van der Waals surface area contributed by atoms with Crippen molar-refractivity contribution in [1.82, 2.24) is 4.90 Å². The van der Waals surface area contributed by atoms with E-state index in [0.29, 0.717) is 17.7 Å². The van der Waals surface area contributed by atoms with E-state index in [-0.39, 0.29) is 17.3 Å². The Bertz CT molecular complexity index is 429. The second-order valence-corrected chi connectivity index (χ2v) is 6.55. The Morgan fingerprint density at radius 3 is 2.55 bits per heavy atom. The third-order valence-electron chi connectivity index (χ3n) is 3.17. The molecule has 0 aromatic heterocycles. The molecule has 0 aliphatic carbocycles. The summed E-state index contributed by atoms with van der Waals surface area (Å²) < 4.78 is 19.1. The van der Waals surface area contributed by atoms with Gasteiger partial charge in [-0.1, -0.05) is 26.8 Å². The predicted octanol–water partition coefficient (Wildman–Crippen LogP) is 3.20. The number of nitrogens with two attached hydrogens (primary N) is 1. The van der Waals surface area contributed by atoms with Crippen molar-refractivity contribution in [2.45, 2.75) is 33.2 Å². The minimum absolute atomic E-state index is 0.245. The molecule has 0 amide bonds. The van der Waals surface area contributed by atoms with Crippen LogP contribution in [0.25, 0.3) is 0 Å². The largest absolute Gasteiger partial charge is 0.496 e. The van der Waals surface area contributed by atoms with Crippen molar-refractivity contribution >= 4 is 0 Å². The molecule has 2 N–H and O–H groups in total. The van der Waals surface area contributed by atoms with Crippen molar-refractivity contribution in [3.05, 3.63) is 29.6 Å². The monoisotopic (exact) mass is 282 g/mol. The Morgan fingerprint density at radius 2 is 2.00 bits per heavy atom. The van der Waals surface area contributed by atoms with E-state index in [0.717, 1.165) is 13.1 Å². The van der Waals surface area contributed by atoms with Gasteiger partial charge in [-0.2, -0.15) is 0 Å². The zero-order chi connectivity index (χ0) is 15.3. The van der Waals surface area contributed by atoms with E-state index in [1.165, 1.54) is 13.2 Å². The fourth-order valence-corrected chi connectivity index (χ4v) is 2.45. The van der Waals surface area contributed by atoms with Crippen LogP contribution >= 0.6 is 0 Å². The minimum Gasteiger partial charge on any atom is -0.496 e. The molecule has 20 heavy (non-hydrogen) atoms. The van der Waals surface area contributed by atoms with Gasteiger partial charge in [-0.05, 0) is 37.6 Å². The van der Waals surface area contributed by atoms with E-state index in [2.05, 4.69) is 32.7 Å². The van der Waals surface area contributed by atoms with Gasteiger partial charge in [0.25, 0.3) is 0 Å². The van der Waals surface area contributed by atoms with Gasteiger partial charge in [-0.15, -0.1) is 0 Å². The number of hydrogen-bond donors (Lipinski definition) is 1. The van der Waals surface area contributed by atoms with Crippen LogP contribution in [-0.4, -0.2) is 32.1 Å². The second kappa shape index (κ2) is 7.04. The quantitative estimate of drug-likeness (QED) is 0.870. The number of rotatable bonds is 6. The van der Waals surface area contributed by atoms with Crippen LogP contribution in [0, 0.1) is 11.2 Å². The second-order valence-electron chi connectivity index (χ2n) is 6.55. The number of nitrogens with zero attached hydrogens (tertiary/aromatic N) is 1. The van der Waals surface area contributed by atoms with E-state index >= 15 is 0 Å². The molecular formula is C16H27FN2O. The van der Waals surface area contributed by atoms with Crippen molar-refractivity contribution < 1.29 is 9.13 Å². The van der Waals surface area contributed by atoms with Crippen LogP contribution < -0.4 is 10.5 Å². The molecule has 1 unspecified atom stereocenters. The summed E-state index contributed by atoms with van der Waals surface area (Å²) in [6.07, 6.45) is 0.698. The van der Waals surface area contributed by atoms with Crippen LogP contribution in [0.5, 0.6) is 5.75 Å². The third-order valence-corrected chi connectivity index (χ3v) is 3.17. The van der Waals surface area contributed by atoms with Gasteiger partial charge < -0.3 is 15.4 Å². The van der Waals surface area contributed by atoms with Crippen molar-refractivity contribution in [3.63, 3.8) is 0 Å². The standard InChI is InChI=1S/C16H27FN2O/c1-16(2,3)11-19(4)10-9-13(18)15-12(17)7-6-8-14(15)20-5/h6-8,13H,9-11,18H2,1-5H3. The number of ether oxygens (including phenoxy) is 1. The van der Waals surface area contributed by atoms with Crippen molar-refractivity contribution in [1.29, 1.82) is 0 Å². The van der Waals surface area contributed by atoms with Gasteiger partial charge in [-0.3, -0.25) is 0 Å². The molecule has 0 spiro atoms. The first kappa shape index (κ1) is 16.9. The lowest BCUT2D eigenvalue weighted by atomic mass is 9.96. The van der Waals surface area contributed by atoms with Gasteiger partial charge in [0, 0.05) is 18.2 Å². The Hall–Kier alpha value is -1.13. The molecule has 3 nitrogen and oxygen atoms in total. The van der Waals surface area contributed by atoms with Crippen LogP contribution in [0.3, 0.4) is 0 Å². The van der Waals surface area contributed by atoms with Crippen molar-refractivity contribution in [2.75, 3.05) is 27.2 Å². The minimum atomic E-state index is -0.353. The maximum atomic E-state index is 13.9. The highest BCUT2D eigenvalue weighted by Crippen LogP contribution is 2.28. The molecule has 1 rings (SSSR count). The molecule has 1 atom stereocenters. The molecule has 0 aliphatic rings. The Morgan fingerprint density at radius 1 is 1.35 bits per heavy atom. The maximum absolute atomic E-state index is 13.9.